The molecule has 4 aromatic rings. The summed E-state index contributed by atoms with van der Waals surface area (Å²) in [6.07, 6.45) is 1.62. The highest BCUT2D eigenvalue weighted by atomic mass is 32.2. The van der Waals surface area contributed by atoms with Gasteiger partial charge in [0.1, 0.15) is 0 Å². The zero-order valence-electron chi connectivity index (χ0n) is 17.3. The van der Waals surface area contributed by atoms with Crippen molar-refractivity contribution in [2.45, 2.75) is 24.5 Å². The molecule has 31 heavy (non-hydrogen) atoms. The van der Waals surface area contributed by atoms with Crippen LogP contribution in [0.3, 0.4) is 0 Å². The summed E-state index contributed by atoms with van der Waals surface area (Å²) in [6, 6.07) is 24.0. The maximum absolute atomic E-state index is 12.4. The molecule has 0 radical (unpaired) electrons. The number of rotatable bonds is 9. The quantitative estimate of drug-likeness (QED) is 0.391. The van der Waals surface area contributed by atoms with E-state index in [1.165, 1.54) is 17.3 Å². The van der Waals surface area contributed by atoms with Crippen LogP contribution in [0.1, 0.15) is 24.0 Å². The van der Waals surface area contributed by atoms with E-state index in [-0.39, 0.29) is 17.6 Å². The van der Waals surface area contributed by atoms with Gasteiger partial charge in [-0.2, -0.15) is 0 Å². The van der Waals surface area contributed by atoms with Crippen LogP contribution in [0.4, 0.5) is 0 Å². The third-order valence-corrected chi connectivity index (χ3v) is 5.92. The maximum atomic E-state index is 12.4. The summed E-state index contributed by atoms with van der Waals surface area (Å²) in [5.41, 5.74) is 2.33. The summed E-state index contributed by atoms with van der Waals surface area (Å²) >= 11 is 1.38. The fraction of sp³-hybridized carbons (Fsp3) is 0.208. The molecule has 0 aliphatic heterocycles. The summed E-state index contributed by atoms with van der Waals surface area (Å²) in [5.74, 6) is 1.79. The molecule has 0 saturated carbocycles. The number of carbonyl (C=O) groups is 1. The number of aromatic nitrogens is 3. The van der Waals surface area contributed by atoms with Crippen molar-refractivity contribution in [3.05, 3.63) is 90.2 Å². The second kappa shape index (κ2) is 10.1. The normalized spacial score (nSPS) is 11.9. The Labute approximate surface area is 185 Å². The number of nitrogens with one attached hydrogen (secondary N) is 1. The third-order valence-electron chi connectivity index (χ3n) is 4.95. The molecule has 0 bridgehead atoms. The Balaban J connectivity index is 1.41. The predicted molar refractivity (Wildman–Crippen MR) is 122 cm³/mol. The minimum absolute atomic E-state index is 0.0263. The Morgan fingerprint density at radius 2 is 1.77 bits per heavy atom. The van der Waals surface area contributed by atoms with Crippen molar-refractivity contribution >= 4 is 17.7 Å². The van der Waals surface area contributed by atoms with E-state index in [0.29, 0.717) is 29.8 Å². The van der Waals surface area contributed by atoms with E-state index in [9.17, 15) is 4.79 Å². The number of carbonyl (C=O) groups excluding carboxylic acids is 1. The number of furan rings is 1. The molecular weight excluding hydrogens is 408 g/mol. The van der Waals surface area contributed by atoms with Gasteiger partial charge < -0.3 is 9.73 Å². The van der Waals surface area contributed by atoms with Crippen LogP contribution in [-0.2, 0) is 11.3 Å². The monoisotopic (exact) mass is 432 g/mol. The van der Waals surface area contributed by atoms with Crippen molar-refractivity contribution in [2.75, 3.05) is 12.3 Å². The Morgan fingerprint density at radius 1 is 1.03 bits per heavy atom. The largest absolute Gasteiger partial charge is 0.461 e. The highest BCUT2D eigenvalue weighted by molar-refractivity contribution is 7.99. The van der Waals surface area contributed by atoms with Gasteiger partial charge in [0.2, 0.25) is 11.7 Å². The van der Waals surface area contributed by atoms with Gasteiger partial charge >= 0.3 is 0 Å². The van der Waals surface area contributed by atoms with E-state index in [0.717, 1.165) is 5.56 Å². The Kier molecular flexibility index (Phi) is 6.84. The van der Waals surface area contributed by atoms with E-state index in [2.05, 4.69) is 46.7 Å². The molecule has 0 aliphatic carbocycles. The van der Waals surface area contributed by atoms with Crippen LogP contribution in [0.15, 0.2) is 88.6 Å². The van der Waals surface area contributed by atoms with Gasteiger partial charge in [-0.3, -0.25) is 9.36 Å². The van der Waals surface area contributed by atoms with E-state index in [1.54, 1.807) is 6.26 Å². The number of hydrogen-bond donors (Lipinski definition) is 1. The smallest absolute Gasteiger partial charge is 0.230 e. The third kappa shape index (κ3) is 5.44. The summed E-state index contributed by atoms with van der Waals surface area (Å²) < 4.78 is 7.52. The molecule has 0 aliphatic rings. The maximum Gasteiger partial charge on any atom is 0.230 e. The first-order chi connectivity index (χ1) is 15.2. The first-order valence-electron chi connectivity index (χ1n) is 10.2. The van der Waals surface area contributed by atoms with Gasteiger partial charge in [-0.25, -0.2) is 0 Å². The molecule has 1 amide bonds. The zero-order valence-corrected chi connectivity index (χ0v) is 18.1. The number of hydrogen-bond acceptors (Lipinski definition) is 5. The number of nitrogens with zero attached hydrogens (tertiary/aromatic N) is 3. The van der Waals surface area contributed by atoms with Crippen molar-refractivity contribution in [1.29, 1.82) is 0 Å². The molecule has 4 rings (SSSR count). The fourth-order valence-corrected chi connectivity index (χ4v) is 4.01. The van der Waals surface area contributed by atoms with E-state index in [4.69, 9.17) is 4.42 Å². The molecule has 1 unspecified atom stereocenters. The molecule has 158 valence electrons. The van der Waals surface area contributed by atoms with Crippen molar-refractivity contribution in [1.82, 2.24) is 20.1 Å². The van der Waals surface area contributed by atoms with Crippen LogP contribution >= 0.6 is 11.8 Å². The van der Waals surface area contributed by atoms with Gasteiger partial charge in [-0.1, -0.05) is 79.3 Å². The average Bonchev–Trinajstić information content (AvgIpc) is 3.47. The topological polar surface area (TPSA) is 73.0 Å². The van der Waals surface area contributed by atoms with Crippen LogP contribution in [0.2, 0.25) is 0 Å². The lowest BCUT2D eigenvalue weighted by Crippen LogP contribution is -2.29. The average molecular weight is 433 g/mol. The molecule has 0 spiro atoms. The lowest BCUT2D eigenvalue weighted by Gasteiger charge is -2.13. The zero-order chi connectivity index (χ0) is 21.5. The minimum Gasteiger partial charge on any atom is -0.461 e. The lowest BCUT2D eigenvalue weighted by atomic mass is 10.0. The summed E-state index contributed by atoms with van der Waals surface area (Å²) in [4.78, 5) is 12.4. The molecular formula is C24H24N4O2S. The molecule has 1 N–H and O–H groups in total. The van der Waals surface area contributed by atoms with Crippen molar-refractivity contribution in [2.24, 2.45) is 0 Å². The first-order valence-corrected chi connectivity index (χ1v) is 11.1. The lowest BCUT2D eigenvalue weighted by molar-refractivity contribution is -0.118. The first kappa shape index (κ1) is 20.9. The van der Waals surface area contributed by atoms with E-state index < -0.39 is 0 Å². The van der Waals surface area contributed by atoms with Crippen LogP contribution < -0.4 is 5.32 Å². The summed E-state index contributed by atoms with van der Waals surface area (Å²) in [7, 11) is 0. The number of thioether (sulfide) groups is 1. The highest BCUT2D eigenvalue weighted by Crippen LogP contribution is 2.25. The van der Waals surface area contributed by atoms with E-state index >= 15 is 0 Å². The molecule has 6 nitrogen and oxygen atoms in total. The van der Waals surface area contributed by atoms with Crippen LogP contribution in [0.25, 0.3) is 11.6 Å². The molecule has 2 aromatic heterocycles. The summed E-state index contributed by atoms with van der Waals surface area (Å²) in [5, 5.41) is 12.3. The summed E-state index contributed by atoms with van der Waals surface area (Å²) in [6.45, 7) is 3.30. The van der Waals surface area contributed by atoms with Gasteiger partial charge in [0.25, 0.3) is 0 Å². The Hall–Kier alpha value is -3.32. The van der Waals surface area contributed by atoms with Gasteiger partial charge in [0, 0.05) is 6.54 Å². The highest BCUT2D eigenvalue weighted by Gasteiger charge is 2.18. The molecule has 2 aromatic carbocycles. The molecule has 7 heteroatoms. The van der Waals surface area contributed by atoms with Crippen molar-refractivity contribution in [3.63, 3.8) is 0 Å². The number of amides is 1. The second-order valence-electron chi connectivity index (χ2n) is 7.26. The van der Waals surface area contributed by atoms with Gasteiger partial charge in [-0.15, -0.1) is 10.2 Å². The van der Waals surface area contributed by atoms with Crippen molar-refractivity contribution in [3.8, 4) is 11.6 Å². The van der Waals surface area contributed by atoms with Crippen LogP contribution in [0, 0.1) is 0 Å². The van der Waals surface area contributed by atoms with Gasteiger partial charge in [0.05, 0.1) is 18.6 Å². The molecule has 0 fully saturated rings. The molecule has 0 saturated heterocycles. The Morgan fingerprint density at radius 3 is 2.48 bits per heavy atom. The standard InChI is InChI=1S/C24H24N4O2S/c1-18(20-11-6-3-7-12-20)15-25-22(29)17-31-24-27-26-23(21-13-8-14-30-21)28(24)16-19-9-4-2-5-10-19/h2-14,18H,15-17H2,1H3,(H,25,29). The predicted octanol–water partition coefficient (Wildman–Crippen LogP) is 4.60. The van der Waals surface area contributed by atoms with E-state index in [1.807, 2.05) is 53.1 Å². The molecule has 1 atom stereocenters. The van der Waals surface area contributed by atoms with Crippen LogP contribution in [-0.4, -0.2) is 33.0 Å². The molecule has 2 heterocycles. The Bertz CT molecular complexity index is 1100. The fourth-order valence-electron chi connectivity index (χ4n) is 3.24. The van der Waals surface area contributed by atoms with Gasteiger partial charge in [0.15, 0.2) is 10.9 Å². The van der Waals surface area contributed by atoms with Crippen LogP contribution in [0.5, 0.6) is 0 Å². The number of benzene rings is 2. The van der Waals surface area contributed by atoms with Crippen molar-refractivity contribution < 1.29 is 9.21 Å². The van der Waals surface area contributed by atoms with Gasteiger partial charge in [-0.05, 0) is 29.2 Å². The second-order valence-corrected chi connectivity index (χ2v) is 8.20. The minimum atomic E-state index is -0.0263. The SMILES string of the molecule is CC(CNC(=O)CSc1nnc(-c2ccco2)n1Cc1ccccc1)c1ccccc1.